The Balaban J connectivity index is 1.60. The maximum Gasteiger partial charge on any atom is 0.259 e. The molecule has 4 rings (SSSR count). The Bertz CT molecular complexity index is 711. The second kappa shape index (κ2) is 6.40. The van der Waals surface area contributed by atoms with Crippen molar-refractivity contribution in [1.29, 1.82) is 0 Å². The highest BCUT2D eigenvalue weighted by Gasteiger charge is 2.33. The lowest BCUT2D eigenvalue weighted by Gasteiger charge is -2.21. The fourth-order valence-electron chi connectivity index (χ4n) is 4.00. The van der Waals surface area contributed by atoms with Crippen LogP contribution in [-0.4, -0.2) is 42.1 Å². The van der Waals surface area contributed by atoms with Crippen molar-refractivity contribution in [2.45, 2.75) is 19.8 Å². The predicted octanol–water partition coefficient (Wildman–Crippen LogP) is 2.72. The lowest BCUT2D eigenvalue weighted by Crippen LogP contribution is -2.33. The van der Waals surface area contributed by atoms with E-state index in [1.807, 2.05) is 42.2 Å². The quantitative estimate of drug-likeness (QED) is 0.922. The van der Waals surface area contributed by atoms with Crippen molar-refractivity contribution in [3.8, 4) is 11.3 Å². The smallest absolute Gasteiger partial charge is 0.259 e. The summed E-state index contributed by atoms with van der Waals surface area (Å²) in [5.41, 5.74) is 2.20. The molecule has 1 aromatic carbocycles. The van der Waals surface area contributed by atoms with Crippen LogP contribution in [0.3, 0.4) is 0 Å². The zero-order valence-electron chi connectivity index (χ0n) is 14.0. The highest BCUT2D eigenvalue weighted by atomic mass is 16.5. The summed E-state index contributed by atoms with van der Waals surface area (Å²) in [6.07, 6.45) is 2.16. The van der Waals surface area contributed by atoms with Gasteiger partial charge in [0.1, 0.15) is 17.0 Å². The third-order valence-corrected chi connectivity index (χ3v) is 5.43. The van der Waals surface area contributed by atoms with E-state index in [1.165, 1.54) is 0 Å². The number of aryl methyl sites for hydroxylation is 1. The number of rotatable bonds is 2. The van der Waals surface area contributed by atoms with Gasteiger partial charge < -0.3 is 14.7 Å². The van der Waals surface area contributed by atoms with Gasteiger partial charge in [-0.15, -0.1) is 0 Å². The molecule has 3 heterocycles. The molecular weight excluding hydrogens is 302 g/mol. The normalized spacial score (nSPS) is 23.8. The van der Waals surface area contributed by atoms with Crippen molar-refractivity contribution in [2.75, 3.05) is 26.2 Å². The van der Waals surface area contributed by atoms with Gasteiger partial charge in [-0.3, -0.25) is 4.79 Å². The van der Waals surface area contributed by atoms with Gasteiger partial charge >= 0.3 is 0 Å². The number of benzene rings is 1. The van der Waals surface area contributed by atoms with Gasteiger partial charge in [-0.2, -0.15) is 0 Å². The predicted molar refractivity (Wildman–Crippen MR) is 91.7 cm³/mol. The highest BCUT2D eigenvalue weighted by molar-refractivity contribution is 6.00. The molecule has 0 aliphatic carbocycles. The topological polar surface area (TPSA) is 58.4 Å². The molecule has 0 radical (unpaired) electrons. The molecule has 2 atom stereocenters. The van der Waals surface area contributed by atoms with E-state index < -0.39 is 0 Å². The van der Waals surface area contributed by atoms with Crippen molar-refractivity contribution in [3.63, 3.8) is 0 Å². The second-order valence-electron chi connectivity index (χ2n) is 6.88. The summed E-state index contributed by atoms with van der Waals surface area (Å²) < 4.78 is 5.36. The zero-order valence-corrected chi connectivity index (χ0v) is 14.0. The molecule has 1 amide bonds. The van der Waals surface area contributed by atoms with Gasteiger partial charge in [0, 0.05) is 18.7 Å². The monoisotopic (exact) mass is 325 g/mol. The third-order valence-electron chi connectivity index (χ3n) is 5.43. The lowest BCUT2D eigenvalue weighted by molar-refractivity contribution is 0.0757. The SMILES string of the molecule is Cc1onc(-c2ccccc2)c1C(=O)N1CC[C@@H]2CNC[C@@H]2CC1. The molecule has 0 bridgehead atoms. The maximum atomic E-state index is 13.2. The van der Waals surface area contributed by atoms with Gasteiger partial charge in [0.05, 0.1) is 0 Å². The van der Waals surface area contributed by atoms with Crippen LogP contribution in [0.1, 0.15) is 29.0 Å². The summed E-state index contributed by atoms with van der Waals surface area (Å²) in [5.74, 6) is 2.07. The minimum atomic E-state index is 0.0561. The van der Waals surface area contributed by atoms with E-state index in [0.717, 1.165) is 44.6 Å². The summed E-state index contributed by atoms with van der Waals surface area (Å²) >= 11 is 0. The largest absolute Gasteiger partial charge is 0.360 e. The molecule has 5 heteroatoms. The molecule has 2 aliphatic rings. The average molecular weight is 325 g/mol. The van der Waals surface area contributed by atoms with Gasteiger partial charge in [-0.05, 0) is 44.7 Å². The number of nitrogens with one attached hydrogen (secondary N) is 1. The average Bonchev–Trinajstić information content (AvgIpc) is 3.16. The Labute approximate surface area is 142 Å². The van der Waals surface area contributed by atoms with Crippen LogP contribution >= 0.6 is 0 Å². The van der Waals surface area contributed by atoms with Crippen LogP contribution in [0.25, 0.3) is 11.3 Å². The Morgan fingerprint density at radius 2 is 1.83 bits per heavy atom. The number of carbonyl (C=O) groups excluding carboxylic acids is 1. The maximum absolute atomic E-state index is 13.2. The van der Waals surface area contributed by atoms with Gasteiger partial charge in [-0.1, -0.05) is 35.5 Å². The van der Waals surface area contributed by atoms with E-state index in [-0.39, 0.29) is 5.91 Å². The van der Waals surface area contributed by atoms with Crippen LogP contribution in [0, 0.1) is 18.8 Å². The van der Waals surface area contributed by atoms with Crippen molar-refractivity contribution in [2.24, 2.45) is 11.8 Å². The number of aromatic nitrogens is 1. The van der Waals surface area contributed by atoms with Crippen LogP contribution < -0.4 is 5.32 Å². The van der Waals surface area contributed by atoms with Gasteiger partial charge in [-0.25, -0.2) is 0 Å². The Hall–Kier alpha value is -2.14. The number of nitrogens with zero attached hydrogens (tertiary/aromatic N) is 2. The summed E-state index contributed by atoms with van der Waals surface area (Å²) in [5, 5.41) is 7.63. The standard InChI is InChI=1S/C19H23N3O2/c1-13-17(18(21-24-13)14-5-3-2-4-6-14)19(23)22-9-7-15-11-20-12-16(15)8-10-22/h2-6,15-16,20H,7-12H2,1H3/t15-,16+. The first-order valence-corrected chi connectivity index (χ1v) is 8.75. The number of hydrogen-bond acceptors (Lipinski definition) is 4. The van der Waals surface area contributed by atoms with E-state index in [1.54, 1.807) is 0 Å². The lowest BCUT2D eigenvalue weighted by atomic mass is 9.92. The summed E-state index contributed by atoms with van der Waals surface area (Å²) in [4.78, 5) is 15.1. The summed E-state index contributed by atoms with van der Waals surface area (Å²) in [6, 6.07) is 9.79. The number of fused-ring (bicyclic) bond motifs is 1. The highest BCUT2D eigenvalue weighted by Crippen LogP contribution is 2.30. The first-order chi connectivity index (χ1) is 11.7. The Morgan fingerprint density at radius 3 is 2.50 bits per heavy atom. The molecule has 2 saturated heterocycles. The minimum absolute atomic E-state index is 0.0561. The van der Waals surface area contributed by atoms with Gasteiger partial charge in [0.2, 0.25) is 0 Å². The molecule has 126 valence electrons. The molecule has 2 aromatic rings. The summed E-state index contributed by atoms with van der Waals surface area (Å²) in [7, 11) is 0. The molecule has 2 aliphatic heterocycles. The Kier molecular flexibility index (Phi) is 4.10. The van der Waals surface area contributed by atoms with Crippen molar-refractivity contribution < 1.29 is 9.32 Å². The van der Waals surface area contributed by atoms with E-state index in [0.29, 0.717) is 28.9 Å². The molecule has 24 heavy (non-hydrogen) atoms. The first-order valence-electron chi connectivity index (χ1n) is 8.75. The molecule has 5 nitrogen and oxygen atoms in total. The van der Waals surface area contributed by atoms with E-state index in [9.17, 15) is 4.79 Å². The van der Waals surface area contributed by atoms with Crippen LogP contribution in [0.15, 0.2) is 34.9 Å². The minimum Gasteiger partial charge on any atom is -0.360 e. The van der Waals surface area contributed by atoms with Gasteiger partial charge in [0.25, 0.3) is 5.91 Å². The number of carbonyl (C=O) groups is 1. The third kappa shape index (κ3) is 2.73. The fourth-order valence-corrected chi connectivity index (χ4v) is 4.00. The fraction of sp³-hybridized carbons (Fsp3) is 0.474. The Morgan fingerprint density at radius 1 is 1.17 bits per heavy atom. The van der Waals surface area contributed by atoms with Crippen molar-refractivity contribution >= 4 is 5.91 Å². The molecule has 1 N–H and O–H groups in total. The molecule has 1 aromatic heterocycles. The number of amides is 1. The van der Waals surface area contributed by atoms with E-state index in [2.05, 4.69) is 10.5 Å². The summed E-state index contributed by atoms with van der Waals surface area (Å²) in [6.45, 7) is 5.65. The van der Waals surface area contributed by atoms with Crippen LogP contribution in [0.5, 0.6) is 0 Å². The van der Waals surface area contributed by atoms with Crippen molar-refractivity contribution in [3.05, 3.63) is 41.7 Å². The molecule has 2 fully saturated rings. The number of likely N-dealkylation sites (tertiary alicyclic amines) is 1. The molecule has 0 unspecified atom stereocenters. The molecule has 0 saturated carbocycles. The van der Waals surface area contributed by atoms with Gasteiger partial charge in [0.15, 0.2) is 0 Å². The van der Waals surface area contributed by atoms with E-state index in [4.69, 9.17) is 4.52 Å². The second-order valence-corrected chi connectivity index (χ2v) is 6.88. The van der Waals surface area contributed by atoms with Crippen LogP contribution in [0.2, 0.25) is 0 Å². The van der Waals surface area contributed by atoms with Crippen molar-refractivity contribution in [1.82, 2.24) is 15.4 Å². The molecule has 0 spiro atoms. The van der Waals surface area contributed by atoms with Crippen LogP contribution in [0.4, 0.5) is 0 Å². The number of hydrogen-bond donors (Lipinski definition) is 1. The van der Waals surface area contributed by atoms with E-state index >= 15 is 0 Å². The van der Waals surface area contributed by atoms with Crippen LogP contribution in [-0.2, 0) is 0 Å². The first kappa shape index (κ1) is 15.4. The molecular formula is C19H23N3O2. The zero-order chi connectivity index (χ0) is 16.5.